The quantitative estimate of drug-likeness (QED) is 0.195. The van der Waals surface area contributed by atoms with E-state index in [1.807, 2.05) is 22.6 Å². The zero-order valence-electron chi connectivity index (χ0n) is 6.54. The molecule has 1 unspecified atom stereocenters. The van der Waals surface area contributed by atoms with Crippen molar-refractivity contribution < 1.29 is 14.3 Å². The van der Waals surface area contributed by atoms with Crippen LogP contribution < -0.4 is 0 Å². The highest BCUT2D eigenvalue weighted by molar-refractivity contribution is 14.1. The minimum absolute atomic E-state index is 0.223. The summed E-state index contributed by atoms with van der Waals surface area (Å²) in [5.41, 5.74) is -0.223. The summed E-state index contributed by atoms with van der Waals surface area (Å²) in [4.78, 5) is 10.8. The smallest absolute Gasteiger partial charge is 0.350 e. The Morgan fingerprint density at radius 2 is 2.42 bits per heavy atom. The molecule has 4 nitrogen and oxygen atoms in total. The Morgan fingerprint density at radius 1 is 1.83 bits per heavy atom. The van der Waals surface area contributed by atoms with Gasteiger partial charge in [-0.15, -0.1) is 0 Å². The van der Waals surface area contributed by atoms with Crippen molar-refractivity contribution in [1.29, 1.82) is 5.26 Å². The average molecular weight is 281 g/mol. The van der Waals surface area contributed by atoms with Gasteiger partial charge in [-0.25, -0.2) is 4.79 Å². The van der Waals surface area contributed by atoms with Gasteiger partial charge in [0.1, 0.15) is 16.3 Å². The fourth-order valence-electron chi connectivity index (χ4n) is 0.390. The Labute approximate surface area is 84.3 Å². The lowest BCUT2D eigenvalue weighted by Crippen LogP contribution is -2.18. The third-order valence-electron chi connectivity index (χ3n) is 0.952. The van der Waals surface area contributed by atoms with Crippen LogP contribution in [0.15, 0.2) is 12.2 Å². The van der Waals surface area contributed by atoms with Crippen molar-refractivity contribution >= 4 is 28.6 Å². The second kappa shape index (κ2) is 5.97. The Bertz CT molecular complexity index is 221. The molecule has 0 N–H and O–H groups in total. The van der Waals surface area contributed by atoms with Crippen LogP contribution in [0.1, 0.15) is 6.92 Å². The number of alkyl halides is 1. The molecular formula is C7H8INO3. The van der Waals surface area contributed by atoms with Gasteiger partial charge in [-0.05, 0) is 6.92 Å². The van der Waals surface area contributed by atoms with E-state index < -0.39 is 12.3 Å². The van der Waals surface area contributed by atoms with E-state index in [0.717, 1.165) is 0 Å². The van der Waals surface area contributed by atoms with Crippen molar-refractivity contribution in [3.8, 4) is 6.07 Å². The molecule has 1 atom stereocenters. The molecule has 0 aromatic heterocycles. The minimum atomic E-state index is -0.741. The van der Waals surface area contributed by atoms with Gasteiger partial charge in [-0.2, -0.15) is 5.26 Å². The SMILES string of the molecule is C=C(C#N)C(=O)OC(C)OCI. The normalized spacial score (nSPS) is 11.4. The number of halogens is 1. The minimum Gasteiger partial charge on any atom is -0.432 e. The standard InChI is InChI=1S/C7H8INO3/c1-5(3-9)7(10)12-6(2)11-4-8/h6H,1,4H2,2H3. The van der Waals surface area contributed by atoms with Gasteiger partial charge in [-0.1, -0.05) is 29.2 Å². The summed E-state index contributed by atoms with van der Waals surface area (Å²) in [5, 5.41) is 8.26. The summed E-state index contributed by atoms with van der Waals surface area (Å²) < 4.78 is 9.98. The summed E-state index contributed by atoms with van der Waals surface area (Å²) in [6.45, 7) is 4.76. The molecule has 0 aliphatic carbocycles. The molecule has 0 aliphatic heterocycles. The van der Waals surface area contributed by atoms with E-state index in [1.54, 1.807) is 13.0 Å². The monoisotopic (exact) mass is 281 g/mol. The number of rotatable bonds is 4. The van der Waals surface area contributed by atoms with Gasteiger partial charge in [-0.3, -0.25) is 0 Å². The van der Waals surface area contributed by atoms with Gasteiger partial charge in [0.05, 0.1) is 0 Å². The number of ether oxygens (including phenoxy) is 2. The predicted octanol–water partition coefficient (Wildman–Crippen LogP) is 1.36. The summed E-state index contributed by atoms with van der Waals surface area (Å²) in [5.74, 6) is -0.741. The highest BCUT2D eigenvalue weighted by Gasteiger charge is 2.11. The highest BCUT2D eigenvalue weighted by Crippen LogP contribution is 2.00. The summed E-state index contributed by atoms with van der Waals surface area (Å²) in [6.07, 6.45) is -0.639. The summed E-state index contributed by atoms with van der Waals surface area (Å²) >= 11 is 1.98. The Kier molecular flexibility index (Phi) is 5.66. The molecule has 5 heteroatoms. The Hall–Kier alpha value is -0.610. The molecule has 0 saturated heterocycles. The molecule has 0 radical (unpaired) electrons. The van der Waals surface area contributed by atoms with Crippen LogP contribution >= 0.6 is 22.6 Å². The topological polar surface area (TPSA) is 59.3 Å². The first-order valence-corrected chi connectivity index (χ1v) is 4.62. The molecule has 0 amide bonds. The maximum absolute atomic E-state index is 10.8. The molecule has 0 aromatic carbocycles. The molecule has 12 heavy (non-hydrogen) atoms. The molecule has 66 valence electrons. The van der Waals surface area contributed by atoms with E-state index in [9.17, 15) is 4.79 Å². The first kappa shape index (κ1) is 11.4. The summed E-state index contributed by atoms with van der Waals surface area (Å²) in [7, 11) is 0. The zero-order valence-corrected chi connectivity index (χ0v) is 8.70. The van der Waals surface area contributed by atoms with Crippen LogP contribution in [0.5, 0.6) is 0 Å². The van der Waals surface area contributed by atoms with E-state index in [-0.39, 0.29) is 5.57 Å². The first-order chi connectivity index (χ1) is 5.61. The molecule has 0 bridgehead atoms. The van der Waals surface area contributed by atoms with Crippen molar-refractivity contribution in [2.75, 3.05) is 4.61 Å². The van der Waals surface area contributed by atoms with E-state index in [0.29, 0.717) is 4.61 Å². The maximum atomic E-state index is 10.8. The van der Waals surface area contributed by atoms with Gasteiger partial charge in [0.2, 0.25) is 6.29 Å². The van der Waals surface area contributed by atoms with Crippen LogP contribution in [0.4, 0.5) is 0 Å². The van der Waals surface area contributed by atoms with Gasteiger partial charge < -0.3 is 9.47 Å². The molecular weight excluding hydrogens is 273 g/mol. The van der Waals surface area contributed by atoms with Gasteiger partial charge >= 0.3 is 5.97 Å². The second-order valence-electron chi connectivity index (χ2n) is 1.84. The van der Waals surface area contributed by atoms with Crippen LogP contribution in [0.2, 0.25) is 0 Å². The van der Waals surface area contributed by atoms with Gasteiger partial charge in [0.25, 0.3) is 0 Å². The second-order valence-corrected chi connectivity index (χ2v) is 2.46. The third kappa shape index (κ3) is 4.31. The molecule has 0 aromatic rings. The van der Waals surface area contributed by atoms with E-state index in [4.69, 9.17) is 10.00 Å². The number of hydrogen-bond acceptors (Lipinski definition) is 4. The van der Waals surface area contributed by atoms with Crippen molar-refractivity contribution in [3.63, 3.8) is 0 Å². The molecule has 0 saturated carbocycles. The predicted molar refractivity (Wildman–Crippen MR) is 50.3 cm³/mol. The van der Waals surface area contributed by atoms with E-state index in [1.165, 1.54) is 0 Å². The Balaban J connectivity index is 3.86. The number of carbonyl (C=O) groups is 1. The van der Waals surface area contributed by atoms with E-state index >= 15 is 0 Å². The van der Waals surface area contributed by atoms with E-state index in [2.05, 4.69) is 11.3 Å². The molecule has 0 aliphatic rings. The number of carbonyl (C=O) groups excluding carboxylic acids is 1. The first-order valence-electron chi connectivity index (χ1n) is 3.09. The Morgan fingerprint density at radius 3 is 2.83 bits per heavy atom. The number of nitrogens with zero attached hydrogens (tertiary/aromatic N) is 1. The molecule has 0 fully saturated rings. The lowest BCUT2D eigenvalue weighted by Gasteiger charge is -2.10. The third-order valence-corrected chi connectivity index (χ3v) is 1.31. The number of nitriles is 1. The van der Waals surface area contributed by atoms with Gasteiger partial charge in [0, 0.05) is 0 Å². The van der Waals surface area contributed by atoms with Crippen LogP contribution in [-0.2, 0) is 14.3 Å². The summed E-state index contributed by atoms with van der Waals surface area (Å²) in [6, 6.07) is 1.59. The van der Waals surface area contributed by atoms with Crippen molar-refractivity contribution in [2.45, 2.75) is 13.2 Å². The fraction of sp³-hybridized carbons (Fsp3) is 0.429. The lowest BCUT2D eigenvalue weighted by molar-refractivity contribution is -0.165. The van der Waals surface area contributed by atoms with Crippen LogP contribution in [0.25, 0.3) is 0 Å². The van der Waals surface area contributed by atoms with Crippen molar-refractivity contribution in [2.24, 2.45) is 0 Å². The van der Waals surface area contributed by atoms with Gasteiger partial charge in [0.15, 0.2) is 0 Å². The average Bonchev–Trinajstić information content (AvgIpc) is 2.03. The zero-order chi connectivity index (χ0) is 9.56. The van der Waals surface area contributed by atoms with Crippen LogP contribution in [0, 0.1) is 11.3 Å². The van der Waals surface area contributed by atoms with Crippen molar-refractivity contribution in [3.05, 3.63) is 12.2 Å². The van der Waals surface area contributed by atoms with Crippen molar-refractivity contribution in [1.82, 2.24) is 0 Å². The number of esters is 1. The van der Waals surface area contributed by atoms with Crippen LogP contribution in [-0.4, -0.2) is 16.9 Å². The molecule has 0 rings (SSSR count). The fourth-order valence-corrected chi connectivity index (χ4v) is 0.897. The largest absolute Gasteiger partial charge is 0.432 e. The molecule has 0 spiro atoms. The lowest BCUT2D eigenvalue weighted by atomic mass is 10.3. The van der Waals surface area contributed by atoms with Crippen LogP contribution in [0.3, 0.4) is 0 Å². The highest BCUT2D eigenvalue weighted by atomic mass is 127. The molecule has 0 heterocycles. The maximum Gasteiger partial charge on any atom is 0.350 e. The number of hydrogen-bond donors (Lipinski definition) is 0.